The lowest BCUT2D eigenvalue weighted by molar-refractivity contribution is 0.648. The highest BCUT2D eigenvalue weighted by Gasteiger charge is 2.16. The average Bonchev–Trinajstić information content (AvgIpc) is 2.48. The molecule has 2 N–H and O–H groups in total. The fraction of sp³-hybridized carbons (Fsp3) is 0.353. The summed E-state index contributed by atoms with van der Waals surface area (Å²) in [5.74, 6) is 0.680. The van der Waals surface area contributed by atoms with E-state index < -0.39 is 0 Å². The van der Waals surface area contributed by atoms with Crippen molar-refractivity contribution in [2.75, 3.05) is 0 Å². The summed E-state index contributed by atoms with van der Waals surface area (Å²) in [5.41, 5.74) is 2.83. The van der Waals surface area contributed by atoms with E-state index in [9.17, 15) is 5.26 Å². The molecule has 0 aliphatic carbocycles. The molecule has 0 fully saturated rings. The Morgan fingerprint density at radius 2 is 2.23 bits per heavy atom. The Balaban J connectivity index is 2.36. The van der Waals surface area contributed by atoms with Crippen LogP contribution in [0.2, 0.25) is 0 Å². The van der Waals surface area contributed by atoms with E-state index in [0.29, 0.717) is 17.2 Å². The molecule has 0 spiro atoms. The summed E-state index contributed by atoms with van der Waals surface area (Å²) >= 11 is 0. The summed E-state index contributed by atoms with van der Waals surface area (Å²) in [6, 6.07) is 8.00. The fourth-order valence-corrected chi connectivity index (χ4v) is 2.30. The van der Waals surface area contributed by atoms with Gasteiger partial charge < -0.3 is 10.6 Å². The van der Waals surface area contributed by atoms with Crippen LogP contribution < -0.4 is 10.6 Å². The quantitative estimate of drug-likeness (QED) is 0.838. The normalized spacial score (nSPS) is 19.5. The first kappa shape index (κ1) is 15.8. The molecule has 5 heteroatoms. The number of allylic oxidation sites excluding steroid dienone is 3. The van der Waals surface area contributed by atoms with Crippen molar-refractivity contribution in [1.82, 2.24) is 15.6 Å². The summed E-state index contributed by atoms with van der Waals surface area (Å²) in [6.45, 7) is 6.18. The van der Waals surface area contributed by atoms with Crippen molar-refractivity contribution in [2.45, 2.75) is 39.7 Å². The summed E-state index contributed by atoms with van der Waals surface area (Å²) in [4.78, 5) is 8.88. The number of nitriles is 1. The Kier molecular flexibility index (Phi) is 5.31. The van der Waals surface area contributed by atoms with Gasteiger partial charge in [-0.2, -0.15) is 5.26 Å². The van der Waals surface area contributed by atoms with Crippen LogP contribution in [0.5, 0.6) is 0 Å². The van der Waals surface area contributed by atoms with Crippen LogP contribution in [0.4, 0.5) is 0 Å². The molecule has 2 heterocycles. The minimum absolute atomic E-state index is 0.229. The van der Waals surface area contributed by atoms with Gasteiger partial charge >= 0.3 is 0 Å². The number of aromatic nitrogens is 1. The maximum absolute atomic E-state index is 9.49. The van der Waals surface area contributed by atoms with Gasteiger partial charge in [0.05, 0.1) is 17.4 Å². The molecule has 0 saturated heterocycles. The van der Waals surface area contributed by atoms with Crippen molar-refractivity contribution in [3.05, 3.63) is 47.6 Å². The molecular formula is C17H21N5. The van der Waals surface area contributed by atoms with E-state index >= 15 is 0 Å². The van der Waals surface area contributed by atoms with Gasteiger partial charge in [-0.1, -0.05) is 19.4 Å². The minimum atomic E-state index is 0.229. The Hall–Kier alpha value is -2.61. The third kappa shape index (κ3) is 3.95. The number of aliphatic imine (C=N–C) groups is 1. The lowest BCUT2D eigenvalue weighted by atomic mass is 10.1. The number of hydrogen-bond acceptors (Lipinski definition) is 3. The number of rotatable bonds is 4. The van der Waals surface area contributed by atoms with Crippen LogP contribution in [0.1, 0.15) is 39.3 Å². The first-order chi connectivity index (χ1) is 10.6. The second-order valence-electron chi connectivity index (χ2n) is 5.31. The first-order valence-electron chi connectivity index (χ1n) is 7.50. The average molecular weight is 295 g/mol. The molecule has 1 aromatic rings. The van der Waals surface area contributed by atoms with Crippen LogP contribution in [0.3, 0.4) is 0 Å². The monoisotopic (exact) mass is 295 g/mol. The standard InChI is InChI=1S/C17H21N5/c1-4-7-12(2)20-17-21-13(3)10-16(22-17)14(11-18)15-8-5-6-9-19-15/h5-6,8-10,12H,4,7H2,1-3H3,(H2,20,21,22). The van der Waals surface area contributed by atoms with Gasteiger partial charge in [0.25, 0.3) is 0 Å². The Morgan fingerprint density at radius 3 is 2.86 bits per heavy atom. The highest BCUT2D eigenvalue weighted by Crippen LogP contribution is 2.18. The fourth-order valence-electron chi connectivity index (χ4n) is 2.30. The van der Waals surface area contributed by atoms with Crippen LogP contribution in [0.15, 0.2) is 46.9 Å². The highest BCUT2D eigenvalue weighted by molar-refractivity contribution is 5.90. The summed E-state index contributed by atoms with van der Waals surface area (Å²) in [5, 5.41) is 15.9. The Bertz CT molecular complexity index is 649. The van der Waals surface area contributed by atoms with E-state index in [1.54, 1.807) is 6.20 Å². The van der Waals surface area contributed by atoms with Crippen molar-refractivity contribution >= 4 is 11.5 Å². The topological polar surface area (TPSA) is 73.1 Å². The molecule has 2 rings (SSSR count). The third-order valence-corrected chi connectivity index (χ3v) is 3.29. The zero-order chi connectivity index (χ0) is 15.9. The van der Waals surface area contributed by atoms with Gasteiger partial charge in [-0.3, -0.25) is 4.98 Å². The molecule has 5 nitrogen and oxygen atoms in total. The second-order valence-corrected chi connectivity index (χ2v) is 5.31. The Morgan fingerprint density at radius 1 is 1.41 bits per heavy atom. The van der Waals surface area contributed by atoms with Gasteiger partial charge in [0.15, 0.2) is 5.96 Å². The van der Waals surface area contributed by atoms with Crippen molar-refractivity contribution in [3.8, 4) is 6.07 Å². The molecule has 114 valence electrons. The van der Waals surface area contributed by atoms with Gasteiger partial charge in [-0.15, -0.1) is 0 Å². The largest absolute Gasteiger partial charge is 0.330 e. The molecule has 0 amide bonds. The van der Waals surface area contributed by atoms with Crippen molar-refractivity contribution in [2.24, 2.45) is 4.99 Å². The van der Waals surface area contributed by atoms with E-state index in [4.69, 9.17) is 0 Å². The predicted octanol–water partition coefficient (Wildman–Crippen LogP) is 2.96. The van der Waals surface area contributed by atoms with Gasteiger partial charge in [0.2, 0.25) is 0 Å². The molecule has 0 aromatic carbocycles. The smallest absolute Gasteiger partial charge is 0.200 e. The number of guanidine groups is 1. The van der Waals surface area contributed by atoms with E-state index in [-0.39, 0.29) is 6.04 Å². The molecule has 0 radical (unpaired) electrons. The number of nitrogens with one attached hydrogen (secondary N) is 2. The summed E-state index contributed by atoms with van der Waals surface area (Å²) < 4.78 is 0. The van der Waals surface area contributed by atoms with Crippen LogP contribution in [-0.4, -0.2) is 17.0 Å². The summed E-state index contributed by atoms with van der Waals surface area (Å²) in [7, 11) is 0. The molecule has 1 atom stereocenters. The van der Waals surface area contributed by atoms with E-state index in [2.05, 4.69) is 40.5 Å². The van der Waals surface area contributed by atoms with Crippen molar-refractivity contribution < 1.29 is 0 Å². The van der Waals surface area contributed by atoms with Crippen molar-refractivity contribution in [3.63, 3.8) is 0 Å². The van der Waals surface area contributed by atoms with E-state index in [1.165, 1.54) is 0 Å². The summed E-state index contributed by atoms with van der Waals surface area (Å²) in [6.07, 6.45) is 5.70. The lowest BCUT2D eigenvalue weighted by Crippen LogP contribution is -2.40. The van der Waals surface area contributed by atoms with Gasteiger partial charge in [-0.25, -0.2) is 4.99 Å². The minimum Gasteiger partial charge on any atom is -0.330 e. The van der Waals surface area contributed by atoms with Crippen LogP contribution in [-0.2, 0) is 0 Å². The van der Waals surface area contributed by atoms with E-state index in [1.807, 2.05) is 31.2 Å². The molecule has 1 unspecified atom stereocenters. The van der Waals surface area contributed by atoms with Gasteiger partial charge in [-0.05, 0) is 38.5 Å². The zero-order valence-corrected chi connectivity index (χ0v) is 13.2. The van der Waals surface area contributed by atoms with Gasteiger partial charge in [0.1, 0.15) is 11.6 Å². The Labute approximate surface area is 131 Å². The third-order valence-electron chi connectivity index (χ3n) is 3.29. The van der Waals surface area contributed by atoms with Crippen molar-refractivity contribution in [1.29, 1.82) is 5.26 Å². The first-order valence-corrected chi connectivity index (χ1v) is 7.50. The number of pyridine rings is 1. The van der Waals surface area contributed by atoms with Crippen LogP contribution in [0, 0.1) is 11.3 Å². The number of hydrogen-bond donors (Lipinski definition) is 2. The molecule has 1 aliphatic heterocycles. The maximum Gasteiger partial charge on any atom is 0.200 e. The molecule has 22 heavy (non-hydrogen) atoms. The molecule has 1 aliphatic rings. The van der Waals surface area contributed by atoms with E-state index in [0.717, 1.165) is 24.2 Å². The molecule has 1 aromatic heterocycles. The molecule has 0 bridgehead atoms. The predicted molar refractivity (Wildman–Crippen MR) is 88.6 cm³/mol. The SMILES string of the molecule is CCCC(C)N=C1NC(C)=CC(=C(C#N)c2ccccn2)N1. The highest BCUT2D eigenvalue weighted by atomic mass is 15.2. The maximum atomic E-state index is 9.49. The van der Waals surface area contributed by atoms with Crippen LogP contribution >= 0.6 is 0 Å². The molecular weight excluding hydrogens is 274 g/mol. The molecule has 0 saturated carbocycles. The van der Waals surface area contributed by atoms with Gasteiger partial charge in [0, 0.05) is 11.9 Å². The number of nitrogens with zero attached hydrogens (tertiary/aromatic N) is 3. The zero-order valence-electron chi connectivity index (χ0n) is 13.2. The lowest BCUT2D eigenvalue weighted by Gasteiger charge is -2.21. The second kappa shape index (κ2) is 7.41. The van der Waals surface area contributed by atoms with Crippen LogP contribution in [0.25, 0.3) is 5.57 Å².